The molecule has 204 valence electrons. The van der Waals surface area contributed by atoms with Crippen molar-refractivity contribution in [2.75, 3.05) is 25.0 Å². The predicted octanol–water partition coefficient (Wildman–Crippen LogP) is 7.28. The number of carbonyl (C=O) groups excluding carboxylic acids is 1. The second-order valence-electron chi connectivity index (χ2n) is 12.0. The predicted molar refractivity (Wildman–Crippen MR) is 157 cm³/mol. The van der Waals surface area contributed by atoms with Gasteiger partial charge in [0.15, 0.2) is 0 Å². The Balaban J connectivity index is 1.09. The van der Waals surface area contributed by atoms with Gasteiger partial charge in [-0.05, 0) is 96.4 Å². The molecule has 1 heterocycles. The number of nitrogens with one attached hydrogen (secondary N) is 1. The Morgan fingerprint density at radius 1 is 1.00 bits per heavy atom. The third-order valence-corrected chi connectivity index (χ3v) is 10.3. The highest BCUT2D eigenvalue weighted by atomic mass is 35.5. The molecule has 0 radical (unpaired) electrons. The molecule has 3 saturated carbocycles. The number of piperidine rings is 1. The summed E-state index contributed by atoms with van der Waals surface area (Å²) in [6.07, 6.45) is 5.94. The minimum absolute atomic E-state index is 0.0622. The highest BCUT2D eigenvalue weighted by molar-refractivity contribution is 6.35. The molecule has 4 fully saturated rings. The number of hydrogen-bond acceptors (Lipinski definition) is 4. The Bertz CT molecular complexity index is 1490. The van der Waals surface area contributed by atoms with E-state index in [1.54, 1.807) is 18.2 Å². The van der Waals surface area contributed by atoms with Gasteiger partial charge in [0.05, 0.1) is 17.2 Å². The normalized spacial score (nSPS) is 27.8. The molecule has 1 N–H and O–H groups in total. The molecule has 40 heavy (non-hydrogen) atoms. The first kappa shape index (κ1) is 26.0. The van der Waals surface area contributed by atoms with E-state index < -0.39 is 5.60 Å². The fraction of sp³-hybridized carbons (Fsp3) is 0.394. The lowest BCUT2D eigenvalue weighted by Gasteiger charge is -2.44. The largest absolute Gasteiger partial charge is 0.360 e. The number of anilines is 1. The monoisotopic (exact) mass is 571 g/mol. The number of likely N-dealkylation sites (tertiary alicyclic amines) is 1. The first-order chi connectivity index (χ1) is 19.4. The molecule has 1 amide bonds. The van der Waals surface area contributed by atoms with Crippen LogP contribution in [0.5, 0.6) is 0 Å². The molecule has 3 aromatic rings. The second-order valence-corrected chi connectivity index (χ2v) is 12.9. The van der Waals surface area contributed by atoms with Crippen molar-refractivity contribution in [3.8, 4) is 17.2 Å². The van der Waals surface area contributed by atoms with Gasteiger partial charge in [-0.3, -0.25) is 9.69 Å². The van der Waals surface area contributed by atoms with Crippen molar-refractivity contribution >= 4 is 34.8 Å². The van der Waals surface area contributed by atoms with Gasteiger partial charge >= 0.3 is 0 Å². The molecule has 1 aliphatic heterocycles. The van der Waals surface area contributed by atoms with Crippen molar-refractivity contribution in [3.63, 3.8) is 0 Å². The van der Waals surface area contributed by atoms with Crippen molar-refractivity contribution in [3.05, 3.63) is 87.9 Å². The average molecular weight is 573 g/mol. The highest BCUT2D eigenvalue weighted by Gasteiger charge is 2.77. The molecule has 4 aliphatic rings. The number of carbonyl (C=O) groups is 1. The van der Waals surface area contributed by atoms with Crippen molar-refractivity contribution in [2.24, 2.45) is 17.3 Å². The number of nitriles is 1. The fourth-order valence-electron chi connectivity index (χ4n) is 7.65. The van der Waals surface area contributed by atoms with E-state index in [0.717, 1.165) is 65.9 Å². The standard InChI is InChI=1S/C33H31Cl2N3O2/c34-26-14-27(35)16-28(15-26)37-31(39)20-40-33(8-10-38(11-9-33)30-13-25-17-32(25)18-29(30)32)24-6-4-22(5-7-24)23-3-1-2-21(12-23)19-36/h1-7,12,14-16,25,29-30H,8-11,13,17-18,20H2,(H,37,39)/t25-,29-,30?,32?/m1/s1. The van der Waals surface area contributed by atoms with Crippen molar-refractivity contribution < 1.29 is 9.53 Å². The summed E-state index contributed by atoms with van der Waals surface area (Å²) in [6.45, 7) is 1.89. The molecule has 0 bridgehead atoms. The van der Waals surface area contributed by atoms with Crippen LogP contribution in [-0.2, 0) is 15.1 Å². The van der Waals surface area contributed by atoms with Crippen LogP contribution in [0.1, 0.15) is 43.2 Å². The van der Waals surface area contributed by atoms with Gasteiger partial charge in [-0.15, -0.1) is 0 Å². The molecule has 7 rings (SSSR count). The number of ether oxygens (including phenoxy) is 1. The Morgan fingerprint density at radius 3 is 2.40 bits per heavy atom. The molecule has 3 aromatic carbocycles. The molecule has 3 aliphatic carbocycles. The van der Waals surface area contributed by atoms with Crippen molar-refractivity contribution in [1.82, 2.24) is 4.90 Å². The Kier molecular flexibility index (Phi) is 6.44. The quantitative estimate of drug-likeness (QED) is 0.323. The van der Waals surface area contributed by atoms with Gasteiger partial charge in [0.25, 0.3) is 0 Å². The van der Waals surface area contributed by atoms with E-state index in [1.807, 2.05) is 24.3 Å². The molecular weight excluding hydrogens is 541 g/mol. The topological polar surface area (TPSA) is 65.4 Å². The maximum Gasteiger partial charge on any atom is 0.250 e. The summed E-state index contributed by atoms with van der Waals surface area (Å²) in [7, 11) is 0. The molecule has 1 saturated heterocycles. The summed E-state index contributed by atoms with van der Waals surface area (Å²) in [4.78, 5) is 15.7. The highest BCUT2D eigenvalue weighted by Crippen LogP contribution is 2.82. The van der Waals surface area contributed by atoms with Crippen LogP contribution in [0.2, 0.25) is 10.0 Å². The van der Waals surface area contributed by atoms with Gasteiger partial charge in [0.1, 0.15) is 6.61 Å². The van der Waals surface area contributed by atoms with Gasteiger partial charge in [-0.2, -0.15) is 5.26 Å². The minimum Gasteiger partial charge on any atom is -0.360 e. The van der Waals surface area contributed by atoms with Crippen LogP contribution in [-0.4, -0.2) is 36.5 Å². The fourth-order valence-corrected chi connectivity index (χ4v) is 8.17. The van der Waals surface area contributed by atoms with E-state index >= 15 is 0 Å². The Labute approximate surface area is 245 Å². The van der Waals surface area contributed by atoms with Gasteiger partial charge in [0, 0.05) is 34.9 Å². The summed E-state index contributed by atoms with van der Waals surface area (Å²) in [5, 5.41) is 13.1. The second kappa shape index (κ2) is 9.89. The third kappa shape index (κ3) is 4.72. The molecule has 5 nitrogen and oxygen atoms in total. The maximum atomic E-state index is 13.0. The Hall–Kier alpha value is -2.88. The Morgan fingerprint density at radius 2 is 1.75 bits per heavy atom. The molecule has 2 unspecified atom stereocenters. The number of nitrogens with zero attached hydrogens (tertiary/aromatic N) is 2. The van der Waals surface area contributed by atoms with Gasteiger partial charge in [-0.1, -0.05) is 59.6 Å². The zero-order chi connectivity index (χ0) is 27.5. The van der Waals surface area contributed by atoms with E-state index in [9.17, 15) is 10.1 Å². The van der Waals surface area contributed by atoms with Crippen LogP contribution >= 0.6 is 23.2 Å². The minimum atomic E-state index is -0.546. The van der Waals surface area contributed by atoms with E-state index in [4.69, 9.17) is 27.9 Å². The van der Waals surface area contributed by atoms with Crippen molar-refractivity contribution in [2.45, 2.75) is 43.7 Å². The summed E-state index contributed by atoms with van der Waals surface area (Å²) >= 11 is 12.2. The molecular formula is C33H31Cl2N3O2. The number of amides is 1. The number of benzene rings is 3. The molecule has 7 heteroatoms. The zero-order valence-electron chi connectivity index (χ0n) is 22.2. The summed E-state index contributed by atoms with van der Waals surface area (Å²) in [5.41, 5.74) is 4.52. The number of halogens is 2. The van der Waals surface area contributed by atoms with Gasteiger partial charge < -0.3 is 10.1 Å². The summed E-state index contributed by atoms with van der Waals surface area (Å²) in [5.74, 6) is 1.65. The van der Waals surface area contributed by atoms with Crippen LogP contribution in [0.4, 0.5) is 5.69 Å². The third-order valence-electron chi connectivity index (χ3n) is 9.88. The summed E-state index contributed by atoms with van der Waals surface area (Å²) < 4.78 is 6.56. The summed E-state index contributed by atoms with van der Waals surface area (Å²) in [6, 6.07) is 24.0. The lowest BCUT2D eigenvalue weighted by atomic mass is 9.82. The lowest BCUT2D eigenvalue weighted by Crippen LogP contribution is -2.49. The van der Waals surface area contributed by atoms with E-state index in [1.165, 1.54) is 19.3 Å². The smallest absolute Gasteiger partial charge is 0.250 e. The van der Waals surface area contributed by atoms with Gasteiger partial charge in [-0.25, -0.2) is 0 Å². The molecule has 4 atom stereocenters. The van der Waals surface area contributed by atoms with Crippen LogP contribution in [0.3, 0.4) is 0 Å². The molecule has 0 aromatic heterocycles. The van der Waals surface area contributed by atoms with Crippen LogP contribution in [0.15, 0.2) is 66.7 Å². The molecule has 1 spiro atoms. The van der Waals surface area contributed by atoms with E-state index in [-0.39, 0.29) is 12.5 Å². The van der Waals surface area contributed by atoms with Crippen LogP contribution in [0, 0.1) is 28.6 Å². The first-order valence-electron chi connectivity index (χ1n) is 14.1. The van der Waals surface area contributed by atoms with Crippen molar-refractivity contribution in [1.29, 1.82) is 5.26 Å². The maximum absolute atomic E-state index is 13.0. The average Bonchev–Trinajstić information content (AvgIpc) is 3.85. The SMILES string of the molecule is N#Cc1cccc(-c2ccc(C3(OCC(=O)Nc4cc(Cl)cc(Cl)c4)CCN(C4C[C@@H]5CC56C[C@H]46)CC3)cc2)c1. The number of hydrogen-bond donors (Lipinski definition) is 1. The first-order valence-corrected chi connectivity index (χ1v) is 14.9. The zero-order valence-corrected chi connectivity index (χ0v) is 23.7. The number of rotatable bonds is 7. The van der Waals surface area contributed by atoms with Gasteiger partial charge in [0.2, 0.25) is 5.91 Å². The van der Waals surface area contributed by atoms with Crippen LogP contribution in [0.25, 0.3) is 11.1 Å². The lowest BCUT2D eigenvalue weighted by molar-refractivity contribution is -0.136. The van der Waals surface area contributed by atoms with E-state index in [0.29, 0.717) is 21.3 Å². The van der Waals surface area contributed by atoms with Crippen LogP contribution < -0.4 is 5.32 Å². The van der Waals surface area contributed by atoms with E-state index in [2.05, 4.69) is 40.6 Å².